The fourth-order valence-electron chi connectivity index (χ4n) is 2.23. The minimum atomic E-state index is 0.886. The van der Waals surface area contributed by atoms with Crippen LogP contribution in [0.15, 0.2) is 4.99 Å². The standard InChI is InChI=1S/C13H28N4/c1-12-6-10-17(11-7-12)9-5-4-8-16-13(14-2)15-3/h12H,4-11H2,1-3H3,(H2,14,15,16). The van der Waals surface area contributed by atoms with Crippen molar-refractivity contribution in [3.05, 3.63) is 0 Å². The van der Waals surface area contributed by atoms with E-state index in [1.54, 1.807) is 7.05 Å². The number of nitrogens with zero attached hydrogens (tertiary/aromatic N) is 2. The molecular weight excluding hydrogens is 212 g/mol. The third kappa shape index (κ3) is 5.91. The number of guanidine groups is 1. The van der Waals surface area contributed by atoms with Crippen LogP contribution in [0.4, 0.5) is 0 Å². The molecule has 1 rings (SSSR count). The van der Waals surface area contributed by atoms with Crippen molar-refractivity contribution < 1.29 is 0 Å². The smallest absolute Gasteiger partial charge is 0.190 e. The van der Waals surface area contributed by atoms with E-state index in [4.69, 9.17) is 0 Å². The molecule has 100 valence electrons. The molecule has 1 aliphatic rings. The van der Waals surface area contributed by atoms with Crippen molar-refractivity contribution in [2.45, 2.75) is 32.6 Å². The summed E-state index contributed by atoms with van der Waals surface area (Å²) >= 11 is 0. The van der Waals surface area contributed by atoms with Crippen LogP contribution in [0.5, 0.6) is 0 Å². The van der Waals surface area contributed by atoms with Crippen LogP contribution in [0.3, 0.4) is 0 Å². The zero-order valence-corrected chi connectivity index (χ0v) is 11.6. The van der Waals surface area contributed by atoms with Gasteiger partial charge >= 0.3 is 0 Å². The lowest BCUT2D eigenvalue weighted by atomic mass is 9.99. The zero-order valence-electron chi connectivity index (χ0n) is 11.6. The highest BCUT2D eigenvalue weighted by Gasteiger charge is 2.14. The Balaban J connectivity index is 1.97. The molecule has 1 saturated heterocycles. The number of hydrogen-bond donors (Lipinski definition) is 2. The molecule has 0 aromatic carbocycles. The lowest BCUT2D eigenvalue weighted by molar-refractivity contribution is 0.189. The van der Waals surface area contributed by atoms with E-state index in [1.165, 1.54) is 45.3 Å². The molecule has 1 aliphatic heterocycles. The van der Waals surface area contributed by atoms with Crippen LogP contribution < -0.4 is 10.6 Å². The first-order valence-corrected chi connectivity index (χ1v) is 6.87. The summed E-state index contributed by atoms with van der Waals surface area (Å²) in [6.45, 7) is 7.23. The molecule has 0 aromatic rings. The third-order valence-electron chi connectivity index (χ3n) is 3.53. The van der Waals surface area contributed by atoms with Crippen LogP contribution in [-0.2, 0) is 0 Å². The highest BCUT2D eigenvalue weighted by atomic mass is 15.2. The topological polar surface area (TPSA) is 39.7 Å². The van der Waals surface area contributed by atoms with Crippen molar-refractivity contribution in [2.24, 2.45) is 10.9 Å². The summed E-state index contributed by atoms with van der Waals surface area (Å²) in [4.78, 5) is 6.69. The summed E-state index contributed by atoms with van der Waals surface area (Å²) in [5.41, 5.74) is 0. The molecular formula is C13H28N4. The number of aliphatic imine (C=N–C) groups is 1. The summed E-state index contributed by atoms with van der Waals surface area (Å²) in [6, 6.07) is 0. The first-order chi connectivity index (χ1) is 8.26. The Kier molecular flexibility index (Phi) is 7.01. The van der Waals surface area contributed by atoms with Crippen LogP contribution in [-0.4, -0.2) is 51.1 Å². The maximum atomic E-state index is 4.09. The zero-order chi connectivity index (χ0) is 12.5. The quantitative estimate of drug-likeness (QED) is 0.432. The van der Waals surface area contributed by atoms with E-state index in [1.807, 2.05) is 7.05 Å². The summed E-state index contributed by atoms with van der Waals surface area (Å²) in [6.07, 6.45) is 5.25. The molecule has 2 N–H and O–H groups in total. The van der Waals surface area contributed by atoms with Gasteiger partial charge in [-0.1, -0.05) is 6.92 Å². The fraction of sp³-hybridized carbons (Fsp3) is 0.923. The second kappa shape index (κ2) is 8.34. The Bertz CT molecular complexity index is 219. The second-order valence-electron chi connectivity index (χ2n) is 4.98. The van der Waals surface area contributed by atoms with Crippen molar-refractivity contribution >= 4 is 5.96 Å². The van der Waals surface area contributed by atoms with E-state index in [0.29, 0.717) is 0 Å². The molecule has 0 unspecified atom stereocenters. The summed E-state index contributed by atoms with van der Waals surface area (Å²) in [5, 5.41) is 6.31. The van der Waals surface area contributed by atoms with Crippen LogP contribution in [0.25, 0.3) is 0 Å². The van der Waals surface area contributed by atoms with Gasteiger partial charge in [-0.2, -0.15) is 0 Å². The summed E-state index contributed by atoms with van der Waals surface area (Å²) in [5.74, 6) is 1.82. The maximum Gasteiger partial charge on any atom is 0.190 e. The largest absolute Gasteiger partial charge is 0.359 e. The molecule has 1 heterocycles. The lowest BCUT2D eigenvalue weighted by Crippen LogP contribution is -2.36. The molecule has 0 radical (unpaired) electrons. The predicted octanol–water partition coefficient (Wildman–Crippen LogP) is 1.29. The molecule has 0 aliphatic carbocycles. The predicted molar refractivity (Wildman–Crippen MR) is 74.5 cm³/mol. The Labute approximate surface area is 106 Å². The first kappa shape index (κ1) is 14.3. The Hall–Kier alpha value is -0.770. The van der Waals surface area contributed by atoms with Gasteiger partial charge in [-0.15, -0.1) is 0 Å². The monoisotopic (exact) mass is 240 g/mol. The van der Waals surface area contributed by atoms with Crippen molar-refractivity contribution in [1.82, 2.24) is 15.5 Å². The van der Waals surface area contributed by atoms with Gasteiger partial charge in [-0.3, -0.25) is 4.99 Å². The lowest BCUT2D eigenvalue weighted by Gasteiger charge is -2.30. The number of nitrogens with one attached hydrogen (secondary N) is 2. The minimum absolute atomic E-state index is 0.886. The van der Waals surface area contributed by atoms with Crippen LogP contribution >= 0.6 is 0 Å². The molecule has 1 fully saturated rings. The van der Waals surface area contributed by atoms with E-state index in [-0.39, 0.29) is 0 Å². The number of hydrogen-bond acceptors (Lipinski definition) is 2. The van der Waals surface area contributed by atoms with Gasteiger partial charge in [0.05, 0.1) is 0 Å². The van der Waals surface area contributed by atoms with Gasteiger partial charge in [0.2, 0.25) is 0 Å². The van der Waals surface area contributed by atoms with E-state index in [2.05, 4.69) is 27.4 Å². The van der Waals surface area contributed by atoms with Gasteiger partial charge in [0, 0.05) is 20.6 Å². The van der Waals surface area contributed by atoms with E-state index in [9.17, 15) is 0 Å². The SMILES string of the molecule is CN=C(NC)NCCCCN1CCC(C)CC1. The van der Waals surface area contributed by atoms with Gasteiger partial charge in [0.25, 0.3) is 0 Å². The molecule has 4 heteroatoms. The minimum Gasteiger partial charge on any atom is -0.359 e. The number of rotatable bonds is 5. The second-order valence-corrected chi connectivity index (χ2v) is 4.98. The third-order valence-corrected chi connectivity index (χ3v) is 3.53. The average Bonchev–Trinajstić information content (AvgIpc) is 2.36. The van der Waals surface area contributed by atoms with Crippen LogP contribution in [0.2, 0.25) is 0 Å². The summed E-state index contributed by atoms with van der Waals surface area (Å²) < 4.78 is 0. The number of piperidine rings is 1. The molecule has 0 atom stereocenters. The van der Waals surface area contributed by atoms with Crippen molar-refractivity contribution in [3.63, 3.8) is 0 Å². The molecule has 0 saturated carbocycles. The molecule has 17 heavy (non-hydrogen) atoms. The Morgan fingerprint density at radius 2 is 2.00 bits per heavy atom. The van der Waals surface area contributed by atoms with E-state index in [0.717, 1.165) is 18.4 Å². The molecule has 0 spiro atoms. The van der Waals surface area contributed by atoms with E-state index < -0.39 is 0 Å². The van der Waals surface area contributed by atoms with Crippen molar-refractivity contribution in [1.29, 1.82) is 0 Å². The molecule has 0 aromatic heterocycles. The average molecular weight is 240 g/mol. The van der Waals surface area contributed by atoms with E-state index >= 15 is 0 Å². The maximum absolute atomic E-state index is 4.09. The van der Waals surface area contributed by atoms with Gasteiger partial charge in [-0.05, 0) is 51.2 Å². The number of likely N-dealkylation sites (tertiary alicyclic amines) is 1. The van der Waals surface area contributed by atoms with Gasteiger partial charge in [-0.25, -0.2) is 0 Å². The van der Waals surface area contributed by atoms with Gasteiger partial charge in [0.1, 0.15) is 0 Å². The van der Waals surface area contributed by atoms with Gasteiger partial charge < -0.3 is 15.5 Å². The molecule has 4 nitrogen and oxygen atoms in total. The number of unbranched alkanes of at least 4 members (excludes halogenated alkanes) is 1. The van der Waals surface area contributed by atoms with Crippen molar-refractivity contribution in [3.8, 4) is 0 Å². The highest BCUT2D eigenvalue weighted by molar-refractivity contribution is 5.79. The van der Waals surface area contributed by atoms with Crippen LogP contribution in [0.1, 0.15) is 32.6 Å². The molecule has 0 amide bonds. The van der Waals surface area contributed by atoms with Gasteiger partial charge in [0.15, 0.2) is 5.96 Å². The van der Waals surface area contributed by atoms with Crippen molar-refractivity contribution in [2.75, 3.05) is 40.3 Å². The van der Waals surface area contributed by atoms with Crippen LogP contribution in [0, 0.1) is 5.92 Å². The Morgan fingerprint density at radius 3 is 2.59 bits per heavy atom. The normalized spacial score (nSPS) is 19.4. The summed E-state index contributed by atoms with van der Waals surface area (Å²) in [7, 11) is 3.69. The highest BCUT2D eigenvalue weighted by Crippen LogP contribution is 2.15. The molecule has 0 bridgehead atoms. The fourth-order valence-corrected chi connectivity index (χ4v) is 2.23. The Morgan fingerprint density at radius 1 is 1.29 bits per heavy atom. The first-order valence-electron chi connectivity index (χ1n) is 6.87.